The normalized spacial score (nSPS) is 17.0. The van der Waals surface area contributed by atoms with E-state index in [0.717, 1.165) is 79.7 Å². The van der Waals surface area contributed by atoms with Gasteiger partial charge in [0.1, 0.15) is 5.82 Å². The Bertz CT molecular complexity index is 2180. The molecule has 2 aliphatic rings. The fraction of sp³-hybridized carbons (Fsp3) is 0.359. The van der Waals surface area contributed by atoms with Gasteiger partial charge < -0.3 is 19.7 Å². The van der Waals surface area contributed by atoms with E-state index in [1.165, 1.54) is 10.2 Å². The lowest BCUT2D eigenvalue weighted by Crippen LogP contribution is -2.29. The SMILES string of the molecule is COCCN(C=O)CCC1CCN(C2CCc3cc(-c4cccc(-c5cccc(Nc6nccc7cnn(C)c(=O)c67)c5Cl)c4Cl)nc(OC)c32)C1. The summed E-state index contributed by atoms with van der Waals surface area (Å²) in [7, 11) is 4.93. The number of nitrogens with zero attached hydrogens (tertiary/aromatic N) is 6. The monoisotopic (exact) mass is 741 g/mol. The maximum Gasteiger partial charge on any atom is 0.278 e. The van der Waals surface area contributed by atoms with Crippen molar-refractivity contribution in [3.05, 3.63) is 92.5 Å². The Balaban J connectivity index is 1.14. The zero-order valence-electron chi connectivity index (χ0n) is 29.4. The van der Waals surface area contributed by atoms with E-state index in [1.54, 1.807) is 44.6 Å². The predicted molar refractivity (Wildman–Crippen MR) is 205 cm³/mol. The molecule has 4 heterocycles. The lowest BCUT2D eigenvalue weighted by molar-refractivity contribution is -0.118. The number of anilines is 2. The largest absolute Gasteiger partial charge is 0.481 e. The summed E-state index contributed by atoms with van der Waals surface area (Å²) in [5.74, 6) is 1.54. The molecule has 5 aromatic rings. The summed E-state index contributed by atoms with van der Waals surface area (Å²) in [6, 6.07) is 15.6. The Labute approximate surface area is 312 Å². The summed E-state index contributed by atoms with van der Waals surface area (Å²) in [5, 5.41) is 9.45. The number of amides is 1. The molecule has 7 rings (SSSR count). The molecule has 1 aliphatic heterocycles. The van der Waals surface area contributed by atoms with E-state index >= 15 is 0 Å². The predicted octanol–water partition coefficient (Wildman–Crippen LogP) is 6.92. The third kappa shape index (κ3) is 6.98. The van der Waals surface area contributed by atoms with E-state index in [2.05, 4.69) is 26.4 Å². The van der Waals surface area contributed by atoms with Gasteiger partial charge in [0, 0.05) is 73.7 Å². The van der Waals surface area contributed by atoms with Gasteiger partial charge in [-0.1, -0.05) is 53.5 Å². The number of methoxy groups -OCH3 is 2. The molecule has 1 amide bonds. The van der Waals surface area contributed by atoms with Gasteiger partial charge in [-0.25, -0.2) is 14.6 Å². The summed E-state index contributed by atoms with van der Waals surface area (Å²) in [6.07, 6.45) is 8.18. The van der Waals surface area contributed by atoms with Gasteiger partial charge in [0.2, 0.25) is 12.3 Å². The van der Waals surface area contributed by atoms with Crippen LogP contribution in [0.2, 0.25) is 10.0 Å². The fourth-order valence-corrected chi connectivity index (χ4v) is 8.16. The van der Waals surface area contributed by atoms with Crippen LogP contribution in [-0.4, -0.2) is 83.0 Å². The number of halogens is 2. The van der Waals surface area contributed by atoms with Crippen LogP contribution in [0.15, 0.2) is 65.7 Å². The lowest BCUT2D eigenvalue weighted by atomic mass is 9.99. The summed E-state index contributed by atoms with van der Waals surface area (Å²) >= 11 is 14.3. The zero-order valence-corrected chi connectivity index (χ0v) is 31.0. The molecule has 2 unspecified atom stereocenters. The number of pyridine rings is 2. The maximum atomic E-state index is 13.0. The molecule has 0 spiro atoms. The van der Waals surface area contributed by atoms with E-state index in [0.29, 0.717) is 57.3 Å². The number of benzene rings is 2. The van der Waals surface area contributed by atoms with E-state index in [4.69, 9.17) is 37.7 Å². The topological polar surface area (TPSA) is 115 Å². The molecule has 1 saturated heterocycles. The van der Waals surface area contributed by atoms with Gasteiger partial charge in [0.25, 0.3) is 5.56 Å². The van der Waals surface area contributed by atoms with Crippen molar-refractivity contribution in [2.75, 3.05) is 52.3 Å². The molecule has 3 aromatic heterocycles. The highest BCUT2D eigenvalue weighted by Gasteiger charge is 2.36. The molecule has 11 nitrogen and oxygen atoms in total. The van der Waals surface area contributed by atoms with Crippen LogP contribution in [0.4, 0.5) is 11.5 Å². The summed E-state index contributed by atoms with van der Waals surface area (Å²) in [5.41, 5.74) is 5.68. The molecule has 2 aromatic carbocycles. The molecule has 2 atom stereocenters. The van der Waals surface area contributed by atoms with Gasteiger partial charge in [0.05, 0.1) is 46.7 Å². The van der Waals surface area contributed by atoms with E-state index in [1.807, 2.05) is 36.4 Å². The Morgan fingerprint density at radius 1 is 1.04 bits per heavy atom. The highest BCUT2D eigenvalue weighted by molar-refractivity contribution is 6.39. The summed E-state index contributed by atoms with van der Waals surface area (Å²) in [4.78, 5) is 38.3. The first-order valence-electron chi connectivity index (χ1n) is 17.5. The first-order valence-corrected chi connectivity index (χ1v) is 18.2. The summed E-state index contributed by atoms with van der Waals surface area (Å²) < 4.78 is 12.4. The first kappa shape index (κ1) is 35.8. The standard InChI is InChI=1S/C39H41Cl2N7O4/c1-46-39(50)34-26(21-43-46)12-15-42-37(34)44-30-9-5-7-28(36(30)41)27-6-4-8-29(35(27)40)31-20-25-10-11-32(33(25)38(45-31)52-3)48-17-14-24(22-48)13-16-47(23-49)18-19-51-2/h4-9,12,15,20-21,23-24,32H,10-11,13-14,16-19,22H2,1-3H3,(H,42,44). The van der Waals surface area contributed by atoms with Gasteiger partial charge in [-0.05, 0) is 61.9 Å². The van der Waals surface area contributed by atoms with Crippen molar-refractivity contribution in [2.45, 2.75) is 31.7 Å². The third-order valence-corrected chi connectivity index (χ3v) is 11.1. The number of carbonyl (C=O) groups excluding carboxylic acids is 1. The molecule has 0 saturated carbocycles. The number of hydrogen-bond acceptors (Lipinski definition) is 9. The molecule has 0 bridgehead atoms. The second-order valence-corrected chi connectivity index (χ2v) is 14.1. The van der Waals surface area contributed by atoms with Crippen LogP contribution in [0.1, 0.15) is 36.4 Å². The van der Waals surface area contributed by atoms with Crippen LogP contribution >= 0.6 is 23.2 Å². The highest BCUT2D eigenvalue weighted by atomic mass is 35.5. The van der Waals surface area contributed by atoms with Gasteiger partial charge in [-0.3, -0.25) is 14.5 Å². The van der Waals surface area contributed by atoms with Crippen molar-refractivity contribution >= 4 is 51.9 Å². The minimum absolute atomic E-state index is 0.232. The Kier molecular flexibility index (Phi) is 10.7. The van der Waals surface area contributed by atoms with Gasteiger partial charge in [-0.2, -0.15) is 5.10 Å². The number of aryl methyl sites for hydroxylation is 2. The van der Waals surface area contributed by atoms with Crippen molar-refractivity contribution in [2.24, 2.45) is 13.0 Å². The lowest BCUT2D eigenvalue weighted by Gasteiger charge is -2.26. The van der Waals surface area contributed by atoms with Crippen LogP contribution in [0.5, 0.6) is 5.88 Å². The fourth-order valence-electron chi connectivity index (χ4n) is 7.56. The number of hydrogen-bond donors (Lipinski definition) is 1. The molecule has 270 valence electrons. The van der Waals surface area contributed by atoms with Crippen LogP contribution in [0.3, 0.4) is 0 Å². The minimum Gasteiger partial charge on any atom is -0.481 e. The smallest absolute Gasteiger partial charge is 0.278 e. The molecule has 0 radical (unpaired) electrons. The van der Waals surface area contributed by atoms with Crippen molar-refractivity contribution < 1.29 is 14.3 Å². The van der Waals surface area contributed by atoms with Crippen LogP contribution in [-0.2, 0) is 23.0 Å². The van der Waals surface area contributed by atoms with Crippen LogP contribution in [0.25, 0.3) is 33.2 Å². The third-order valence-electron chi connectivity index (χ3n) is 10.3. The Morgan fingerprint density at radius 2 is 1.83 bits per heavy atom. The number of likely N-dealkylation sites (tertiary alicyclic amines) is 1. The number of carbonyl (C=O) groups is 1. The van der Waals surface area contributed by atoms with Crippen LogP contribution in [0, 0.1) is 5.92 Å². The molecular formula is C39H41Cl2N7O4. The molecule has 13 heteroatoms. The minimum atomic E-state index is -0.263. The number of fused-ring (bicyclic) bond motifs is 2. The van der Waals surface area contributed by atoms with Crippen molar-refractivity contribution in [1.29, 1.82) is 0 Å². The van der Waals surface area contributed by atoms with E-state index in [9.17, 15) is 9.59 Å². The number of ether oxygens (including phenoxy) is 2. The quantitative estimate of drug-likeness (QED) is 0.129. The first-order chi connectivity index (χ1) is 25.3. The Hall–Kier alpha value is -4.55. The second-order valence-electron chi connectivity index (χ2n) is 13.4. The number of rotatable bonds is 13. The van der Waals surface area contributed by atoms with Crippen molar-refractivity contribution in [3.8, 4) is 28.3 Å². The highest BCUT2D eigenvalue weighted by Crippen LogP contribution is 2.46. The Morgan fingerprint density at radius 3 is 2.62 bits per heavy atom. The molecular weight excluding hydrogens is 701 g/mol. The summed E-state index contributed by atoms with van der Waals surface area (Å²) in [6.45, 7) is 3.90. The maximum absolute atomic E-state index is 13.0. The van der Waals surface area contributed by atoms with Gasteiger partial charge >= 0.3 is 0 Å². The zero-order chi connectivity index (χ0) is 36.4. The average Bonchev–Trinajstić information content (AvgIpc) is 3.81. The molecule has 1 fully saturated rings. The molecule has 1 aliphatic carbocycles. The number of aromatic nitrogens is 4. The van der Waals surface area contributed by atoms with Crippen molar-refractivity contribution in [1.82, 2.24) is 29.5 Å². The van der Waals surface area contributed by atoms with Gasteiger partial charge in [-0.15, -0.1) is 0 Å². The second kappa shape index (κ2) is 15.6. The van der Waals surface area contributed by atoms with Gasteiger partial charge in [0.15, 0.2) is 0 Å². The van der Waals surface area contributed by atoms with Crippen LogP contribution < -0.4 is 15.6 Å². The molecule has 52 heavy (non-hydrogen) atoms. The number of nitrogens with one attached hydrogen (secondary N) is 1. The van der Waals surface area contributed by atoms with Crippen molar-refractivity contribution in [3.63, 3.8) is 0 Å². The van der Waals surface area contributed by atoms with E-state index < -0.39 is 0 Å². The average molecular weight is 743 g/mol. The molecule has 1 N–H and O–H groups in total. The van der Waals surface area contributed by atoms with E-state index in [-0.39, 0.29) is 11.6 Å².